The summed E-state index contributed by atoms with van der Waals surface area (Å²) in [4.78, 5) is 19.2. The van der Waals surface area contributed by atoms with Crippen molar-refractivity contribution in [2.75, 3.05) is 44.7 Å². The Bertz CT molecular complexity index is 862. The zero-order valence-corrected chi connectivity index (χ0v) is 19.0. The zero-order valence-electron chi connectivity index (χ0n) is 18.2. The van der Waals surface area contributed by atoms with Gasteiger partial charge in [0, 0.05) is 52.2 Å². The van der Waals surface area contributed by atoms with Gasteiger partial charge in [-0.25, -0.2) is 8.42 Å². The number of carbonyl (C=O) groups is 1. The standard InChI is InChI=1S/C20H34N6O3S/c1-16(20(27)23(2)17-7-13-30(28,29)15-17)25-11-9-24(10-12-25)14-19-22-21-18-6-4-3-5-8-26(18)19/h16-17H,3-15H2,1-2H3. The van der Waals surface area contributed by atoms with Crippen LogP contribution in [0.25, 0.3) is 0 Å². The van der Waals surface area contributed by atoms with Crippen LogP contribution < -0.4 is 0 Å². The molecule has 0 aliphatic carbocycles. The Morgan fingerprint density at radius 3 is 2.60 bits per heavy atom. The number of piperazine rings is 1. The summed E-state index contributed by atoms with van der Waals surface area (Å²) < 4.78 is 25.8. The van der Waals surface area contributed by atoms with E-state index in [0.29, 0.717) is 6.42 Å². The molecule has 0 aromatic carbocycles. The number of likely N-dealkylation sites (N-methyl/N-ethyl adjacent to an activating group) is 1. The highest BCUT2D eigenvalue weighted by molar-refractivity contribution is 7.91. The van der Waals surface area contributed by atoms with Crippen LogP contribution in [0.3, 0.4) is 0 Å². The van der Waals surface area contributed by atoms with Crippen LogP contribution in [-0.2, 0) is 34.1 Å². The molecule has 0 saturated carbocycles. The second-order valence-electron chi connectivity index (χ2n) is 8.99. The molecule has 3 aliphatic rings. The van der Waals surface area contributed by atoms with Crippen LogP contribution in [0.5, 0.6) is 0 Å². The first-order valence-electron chi connectivity index (χ1n) is 11.2. The molecular weight excluding hydrogens is 404 g/mol. The lowest BCUT2D eigenvalue weighted by Crippen LogP contribution is -2.55. The van der Waals surface area contributed by atoms with E-state index < -0.39 is 9.84 Å². The topological polar surface area (TPSA) is 91.6 Å². The first-order chi connectivity index (χ1) is 14.3. The van der Waals surface area contributed by atoms with E-state index in [4.69, 9.17) is 0 Å². The van der Waals surface area contributed by atoms with Gasteiger partial charge in [0.05, 0.1) is 24.1 Å². The molecule has 2 saturated heterocycles. The Labute approximate surface area is 179 Å². The molecule has 10 heteroatoms. The lowest BCUT2D eigenvalue weighted by molar-refractivity contribution is -0.137. The Morgan fingerprint density at radius 2 is 1.90 bits per heavy atom. The van der Waals surface area contributed by atoms with E-state index in [1.807, 2.05) is 6.92 Å². The number of amides is 1. The van der Waals surface area contributed by atoms with Crippen molar-refractivity contribution in [3.05, 3.63) is 11.6 Å². The molecule has 0 radical (unpaired) electrons. The molecule has 168 valence electrons. The van der Waals surface area contributed by atoms with Crippen LogP contribution in [0, 0.1) is 0 Å². The maximum absolute atomic E-state index is 12.9. The zero-order chi connectivity index (χ0) is 21.3. The maximum atomic E-state index is 12.9. The normalized spacial score (nSPS) is 26.1. The summed E-state index contributed by atoms with van der Waals surface area (Å²) in [6, 6.07) is -0.417. The van der Waals surface area contributed by atoms with Gasteiger partial charge in [-0.3, -0.25) is 14.6 Å². The maximum Gasteiger partial charge on any atom is 0.239 e. The van der Waals surface area contributed by atoms with Crippen LogP contribution in [0.1, 0.15) is 44.3 Å². The third-order valence-electron chi connectivity index (χ3n) is 6.97. The molecule has 0 N–H and O–H groups in total. The fourth-order valence-electron chi connectivity index (χ4n) is 4.88. The third-order valence-corrected chi connectivity index (χ3v) is 8.72. The van der Waals surface area contributed by atoms with E-state index in [-0.39, 0.29) is 29.5 Å². The van der Waals surface area contributed by atoms with Crippen molar-refractivity contribution < 1.29 is 13.2 Å². The fourth-order valence-corrected chi connectivity index (χ4v) is 6.66. The van der Waals surface area contributed by atoms with Crippen LogP contribution in [0.2, 0.25) is 0 Å². The second kappa shape index (κ2) is 8.92. The Morgan fingerprint density at radius 1 is 1.13 bits per heavy atom. The minimum absolute atomic E-state index is 0.0216. The van der Waals surface area contributed by atoms with E-state index in [9.17, 15) is 13.2 Å². The van der Waals surface area contributed by atoms with Crippen LogP contribution in [0.4, 0.5) is 0 Å². The van der Waals surface area contributed by atoms with Crippen LogP contribution >= 0.6 is 0 Å². The van der Waals surface area contributed by atoms with Crippen molar-refractivity contribution in [3.63, 3.8) is 0 Å². The molecule has 1 aromatic heterocycles. The minimum Gasteiger partial charge on any atom is -0.340 e. The average molecular weight is 439 g/mol. The molecule has 2 fully saturated rings. The van der Waals surface area contributed by atoms with Gasteiger partial charge in [0.15, 0.2) is 9.84 Å². The molecule has 0 spiro atoms. The van der Waals surface area contributed by atoms with Crippen molar-refractivity contribution in [1.82, 2.24) is 29.5 Å². The summed E-state index contributed by atoms with van der Waals surface area (Å²) >= 11 is 0. The van der Waals surface area contributed by atoms with Crippen molar-refractivity contribution >= 4 is 15.7 Å². The van der Waals surface area contributed by atoms with Crippen molar-refractivity contribution in [2.24, 2.45) is 0 Å². The molecule has 9 nitrogen and oxygen atoms in total. The number of hydrogen-bond acceptors (Lipinski definition) is 7. The highest BCUT2D eigenvalue weighted by Gasteiger charge is 2.36. The van der Waals surface area contributed by atoms with Gasteiger partial charge < -0.3 is 9.47 Å². The van der Waals surface area contributed by atoms with Crippen molar-refractivity contribution in [1.29, 1.82) is 0 Å². The van der Waals surface area contributed by atoms with Gasteiger partial charge in [-0.15, -0.1) is 10.2 Å². The SMILES string of the molecule is CC(C(=O)N(C)C1CCS(=O)(=O)C1)N1CCN(Cc2nnc3n2CCCCC3)CC1. The Kier molecular flexibility index (Phi) is 6.45. The van der Waals surface area contributed by atoms with Gasteiger partial charge in [-0.2, -0.15) is 0 Å². The number of aryl methyl sites for hydroxylation is 1. The number of nitrogens with zero attached hydrogens (tertiary/aromatic N) is 6. The fraction of sp³-hybridized carbons (Fsp3) is 0.850. The molecule has 1 aromatic rings. The average Bonchev–Trinajstić information content (AvgIpc) is 3.20. The summed E-state index contributed by atoms with van der Waals surface area (Å²) in [7, 11) is -1.25. The van der Waals surface area contributed by atoms with E-state index in [0.717, 1.165) is 57.3 Å². The molecule has 1 amide bonds. The van der Waals surface area contributed by atoms with E-state index in [2.05, 4.69) is 24.6 Å². The number of fused-ring (bicyclic) bond motifs is 1. The largest absolute Gasteiger partial charge is 0.340 e. The molecule has 4 heterocycles. The molecule has 3 aliphatic heterocycles. The van der Waals surface area contributed by atoms with Gasteiger partial charge in [-0.05, 0) is 26.2 Å². The van der Waals surface area contributed by atoms with Gasteiger partial charge >= 0.3 is 0 Å². The lowest BCUT2D eigenvalue weighted by atomic mass is 10.1. The summed E-state index contributed by atoms with van der Waals surface area (Å²) in [5, 5.41) is 8.84. The summed E-state index contributed by atoms with van der Waals surface area (Å²) in [5.41, 5.74) is 0. The predicted octanol–water partition coefficient (Wildman–Crippen LogP) is 0.156. The van der Waals surface area contributed by atoms with E-state index >= 15 is 0 Å². The monoisotopic (exact) mass is 438 g/mol. The Hall–Kier alpha value is -1.52. The highest BCUT2D eigenvalue weighted by atomic mass is 32.2. The smallest absolute Gasteiger partial charge is 0.239 e. The van der Waals surface area contributed by atoms with Gasteiger partial charge in [0.25, 0.3) is 0 Å². The summed E-state index contributed by atoms with van der Waals surface area (Å²) in [6.07, 6.45) is 5.23. The Balaban J connectivity index is 1.29. The molecule has 2 atom stereocenters. The van der Waals surface area contributed by atoms with E-state index in [1.165, 1.54) is 19.3 Å². The van der Waals surface area contributed by atoms with E-state index in [1.54, 1.807) is 11.9 Å². The number of aromatic nitrogens is 3. The van der Waals surface area contributed by atoms with Crippen LogP contribution in [0.15, 0.2) is 0 Å². The predicted molar refractivity (Wildman–Crippen MR) is 114 cm³/mol. The number of carbonyl (C=O) groups excluding carboxylic acids is 1. The summed E-state index contributed by atoms with van der Waals surface area (Å²) in [5.74, 6) is 2.49. The number of hydrogen-bond donors (Lipinski definition) is 0. The number of sulfone groups is 1. The van der Waals surface area contributed by atoms with Crippen LogP contribution in [-0.4, -0.2) is 101 Å². The molecule has 2 unspecified atom stereocenters. The van der Waals surface area contributed by atoms with Crippen molar-refractivity contribution in [3.8, 4) is 0 Å². The first kappa shape index (κ1) is 21.7. The molecule has 0 bridgehead atoms. The minimum atomic E-state index is -2.99. The quantitative estimate of drug-likeness (QED) is 0.646. The molecule has 4 rings (SSSR count). The number of rotatable bonds is 5. The van der Waals surface area contributed by atoms with Gasteiger partial charge in [0.2, 0.25) is 5.91 Å². The highest BCUT2D eigenvalue weighted by Crippen LogP contribution is 2.20. The third kappa shape index (κ3) is 4.70. The van der Waals surface area contributed by atoms with Gasteiger partial charge in [0.1, 0.15) is 11.6 Å². The second-order valence-corrected chi connectivity index (χ2v) is 11.2. The molecular formula is C20H34N6O3S. The molecule has 30 heavy (non-hydrogen) atoms. The lowest BCUT2D eigenvalue weighted by Gasteiger charge is -2.39. The first-order valence-corrected chi connectivity index (χ1v) is 13.0. The summed E-state index contributed by atoms with van der Waals surface area (Å²) in [6.45, 7) is 7.20. The van der Waals surface area contributed by atoms with Crippen molar-refractivity contribution in [2.45, 2.75) is 64.2 Å². The van der Waals surface area contributed by atoms with Gasteiger partial charge in [-0.1, -0.05) is 6.42 Å².